The van der Waals surface area contributed by atoms with Crippen LogP contribution in [0.4, 0.5) is 0 Å². The molecule has 27 heavy (non-hydrogen) atoms. The lowest BCUT2D eigenvalue weighted by Gasteiger charge is -2.42. The minimum absolute atomic E-state index is 0.0737. The third-order valence-corrected chi connectivity index (χ3v) is 6.98. The van der Waals surface area contributed by atoms with Crippen molar-refractivity contribution < 1.29 is 9.59 Å². The summed E-state index contributed by atoms with van der Waals surface area (Å²) in [5.74, 6) is 0.934. The predicted octanol–water partition coefficient (Wildman–Crippen LogP) is 2.18. The Morgan fingerprint density at radius 1 is 1.15 bits per heavy atom. The second kappa shape index (κ2) is 8.27. The number of nitrogens with one attached hydrogen (secondary N) is 1. The SMILES string of the molecule is Cc1nc(CNC(=O)[C@@H]2CCCN(C3CCN(C(=O)C4CC4)CC3)C2)cs1. The Balaban J connectivity index is 1.24. The van der Waals surface area contributed by atoms with Gasteiger partial charge in [0.05, 0.1) is 23.2 Å². The van der Waals surface area contributed by atoms with E-state index in [1.807, 2.05) is 12.3 Å². The lowest BCUT2D eigenvalue weighted by Crippen LogP contribution is -2.51. The van der Waals surface area contributed by atoms with E-state index in [1.54, 1.807) is 11.3 Å². The van der Waals surface area contributed by atoms with Crippen LogP contribution in [0.2, 0.25) is 0 Å². The summed E-state index contributed by atoms with van der Waals surface area (Å²) in [5.41, 5.74) is 0.950. The van der Waals surface area contributed by atoms with Gasteiger partial charge in [-0.05, 0) is 52.0 Å². The largest absolute Gasteiger partial charge is 0.350 e. The molecule has 1 aliphatic carbocycles. The fourth-order valence-corrected chi connectivity index (χ4v) is 5.02. The number of thiazole rings is 1. The normalized spacial score (nSPS) is 24.8. The van der Waals surface area contributed by atoms with Crippen molar-refractivity contribution in [3.05, 3.63) is 16.1 Å². The molecule has 1 saturated carbocycles. The van der Waals surface area contributed by atoms with E-state index in [9.17, 15) is 9.59 Å². The molecule has 3 fully saturated rings. The molecule has 6 nitrogen and oxygen atoms in total. The van der Waals surface area contributed by atoms with E-state index in [0.29, 0.717) is 24.4 Å². The first-order valence-electron chi connectivity index (χ1n) is 10.3. The molecule has 0 bridgehead atoms. The highest BCUT2D eigenvalue weighted by Crippen LogP contribution is 2.32. The average Bonchev–Trinajstić information content (AvgIpc) is 3.47. The second-order valence-corrected chi connectivity index (χ2v) is 9.30. The molecule has 0 radical (unpaired) electrons. The highest BCUT2D eigenvalue weighted by molar-refractivity contribution is 7.09. The van der Waals surface area contributed by atoms with Crippen molar-refractivity contribution in [2.45, 2.75) is 58.0 Å². The Morgan fingerprint density at radius 3 is 2.59 bits per heavy atom. The van der Waals surface area contributed by atoms with Crippen molar-refractivity contribution in [2.24, 2.45) is 11.8 Å². The number of aryl methyl sites for hydroxylation is 1. The van der Waals surface area contributed by atoms with E-state index in [0.717, 1.165) is 75.4 Å². The summed E-state index contributed by atoms with van der Waals surface area (Å²) in [6.45, 7) is 6.21. The summed E-state index contributed by atoms with van der Waals surface area (Å²) in [7, 11) is 0. The molecule has 1 aromatic rings. The topological polar surface area (TPSA) is 65.5 Å². The van der Waals surface area contributed by atoms with Crippen LogP contribution >= 0.6 is 11.3 Å². The van der Waals surface area contributed by atoms with Gasteiger partial charge in [-0.25, -0.2) is 4.98 Å². The van der Waals surface area contributed by atoms with Crippen LogP contribution in [0.3, 0.4) is 0 Å². The van der Waals surface area contributed by atoms with E-state index in [-0.39, 0.29) is 11.8 Å². The number of nitrogens with zero attached hydrogens (tertiary/aromatic N) is 3. The maximum absolute atomic E-state index is 12.6. The number of hydrogen-bond acceptors (Lipinski definition) is 5. The standard InChI is InChI=1S/C20H30N4O2S/c1-14-22-17(13-27-14)11-21-19(25)16-3-2-8-24(12-16)18-6-9-23(10-7-18)20(26)15-4-5-15/h13,15-16,18H,2-12H2,1H3,(H,21,25)/t16-/m1/s1. The third-order valence-electron chi connectivity index (χ3n) is 6.15. The maximum Gasteiger partial charge on any atom is 0.225 e. The smallest absolute Gasteiger partial charge is 0.225 e. The van der Waals surface area contributed by atoms with Crippen LogP contribution in [0, 0.1) is 18.8 Å². The van der Waals surface area contributed by atoms with Crippen molar-refractivity contribution in [3.8, 4) is 0 Å². The summed E-state index contributed by atoms with van der Waals surface area (Å²) in [5, 5.41) is 6.12. The Morgan fingerprint density at radius 2 is 1.93 bits per heavy atom. The molecule has 1 aromatic heterocycles. The molecule has 3 heterocycles. The van der Waals surface area contributed by atoms with Gasteiger partial charge in [-0.1, -0.05) is 0 Å². The van der Waals surface area contributed by atoms with E-state index in [4.69, 9.17) is 0 Å². The van der Waals surface area contributed by atoms with Crippen LogP contribution in [0.25, 0.3) is 0 Å². The van der Waals surface area contributed by atoms with Gasteiger partial charge in [0.2, 0.25) is 11.8 Å². The number of amides is 2. The lowest BCUT2D eigenvalue weighted by molar-refractivity contribution is -0.134. The average molecular weight is 391 g/mol. The number of carbonyl (C=O) groups is 2. The summed E-state index contributed by atoms with van der Waals surface area (Å²) in [6, 6.07) is 0.519. The fraction of sp³-hybridized carbons (Fsp3) is 0.750. The van der Waals surface area contributed by atoms with Gasteiger partial charge in [-0.15, -0.1) is 11.3 Å². The van der Waals surface area contributed by atoms with E-state index in [2.05, 4.69) is 20.1 Å². The summed E-state index contributed by atoms with van der Waals surface area (Å²) in [6.07, 6.45) is 6.31. The maximum atomic E-state index is 12.6. The van der Waals surface area contributed by atoms with E-state index < -0.39 is 0 Å². The van der Waals surface area contributed by atoms with Crippen LogP contribution in [0.15, 0.2) is 5.38 Å². The van der Waals surface area contributed by atoms with Gasteiger partial charge in [0.15, 0.2) is 0 Å². The predicted molar refractivity (Wildman–Crippen MR) is 105 cm³/mol. The lowest BCUT2D eigenvalue weighted by atomic mass is 9.93. The van der Waals surface area contributed by atoms with Crippen molar-refractivity contribution in [1.29, 1.82) is 0 Å². The quantitative estimate of drug-likeness (QED) is 0.837. The summed E-state index contributed by atoms with van der Waals surface area (Å²) >= 11 is 1.62. The number of hydrogen-bond donors (Lipinski definition) is 1. The molecule has 2 saturated heterocycles. The first kappa shape index (κ1) is 18.9. The first-order valence-corrected chi connectivity index (χ1v) is 11.2. The number of carbonyl (C=O) groups excluding carboxylic acids is 2. The minimum atomic E-state index is 0.0737. The molecule has 2 aliphatic heterocycles. The van der Waals surface area contributed by atoms with Crippen LogP contribution in [0.5, 0.6) is 0 Å². The Kier molecular flexibility index (Phi) is 5.78. The molecule has 2 amide bonds. The number of rotatable bonds is 5. The molecule has 4 rings (SSSR count). The molecule has 148 valence electrons. The molecule has 7 heteroatoms. The van der Waals surface area contributed by atoms with Crippen LogP contribution < -0.4 is 5.32 Å². The second-order valence-electron chi connectivity index (χ2n) is 8.24. The van der Waals surface area contributed by atoms with Crippen molar-refractivity contribution in [1.82, 2.24) is 20.1 Å². The van der Waals surface area contributed by atoms with Gasteiger partial charge in [0, 0.05) is 37.0 Å². The van der Waals surface area contributed by atoms with Crippen molar-refractivity contribution >= 4 is 23.2 Å². The monoisotopic (exact) mass is 390 g/mol. The van der Waals surface area contributed by atoms with Crippen molar-refractivity contribution in [3.63, 3.8) is 0 Å². The molecule has 1 N–H and O–H groups in total. The van der Waals surface area contributed by atoms with Gasteiger partial charge >= 0.3 is 0 Å². The summed E-state index contributed by atoms with van der Waals surface area (Å²) in [4.78, 5) is 33.8. The molecule has 3 aliphatic rings. The number of aromatic nitrogens is 1. The van der Waals surface area contributed by atoms with Gasteiger partial charge < -0.3 is 10.2 Å². The molecule has 0 spiro atoms. The van der Waals surface area contributed by atoms with Gasteiger partial charge in [0.1, 0.15) is 0 Å². The third kappa shape index (κ3) is 4.69. The Labute approximate surface area is 165 Å². The summed E-state index contributed by atoms with van der Waals surface area (Å²) < 4.78 is 0. The first-order chi connectivity index (χ1) is 13.1. The van der Waals surface area contributed by atoms with Crippen LogP contribution in [-0.4, -0.2) is 58.8 Å². The Hall–Kier alpha value is -1.47. The number of piperidine rings is 2. The van der Waals surface area contributed by atoms with E-state index >= 15 is 0 Å². The van der Waals surface area contributed by atoms with Crippen LogP contribution in [0.1, 0.15) is 49.2 Å². The molecular weight excluding hydrogens is 360 g/mol. The zero-order valence-corrected chi connectivity index (χ0v) is 17.0. The molecular formula is C20H30N4O2S. The molecule has 0 aromatic carbocycles. The van der Waals surface area contributed by atoms with Crippen LogP contribution in [-0.2, 0) is 16.1 Å². The Bertz CT molecular complexity index is 679. The van der Waals surface area contributed by atoms with Crippen molar-refractivity contribution in [2.75, 3.05) is 26.2 Å². The molecule has 1 atom stereocenters. The zero-order chi connectivity index (χ0) is 18.8. The fourth-order valence-electron chi connectivity index (χ4n) is 4.40. The highest BCUT2D eigenvalue weighted by atomic mass is 32.1. The minimum Gasteiger partial charge on any atom is -0.350 e. The molecule has 0 unspecified atom stereocenters. The number of likely N-dealkylation sites (tertiary alicyclic amines) is 2. The van der Waals surface area contributed by atoms with Gasteiger partial charge in [-0.2, -0.15) is 0 Å². The zero-order valence-electron chi connectivity index (χ0n) is 16.2. The van der Waals surface area contributed by atoms with E-state index in [1.165, 1.54) is 0 Å². The van der Waals surface area contributed by atoms with Gasteiger partial charge in [0.25, 0.3) is 0 Å². The van der Waals surface area contributed by atoms with Gasteiger partial charge in [-0.3, -0.25) is 14.5 Å². The highest BCUT2D eigenvalue weighted by Gasteiger charge is 2.37.